The Morgan fingerprint density at radius 2 is 2.29 bits per heavy atom. The van der Waals surface area contributed by atoms with E-state index in [4.69, 9.17) is 12.2 Å². The van der Waals surface area contributed by atoms with Crippen LogP contribution in [0.5, 0.6) is 0 Å². The largest absolute Gasteiger partial charge is 0.331 e. The van der Waals surface area contributed by atoms with Crippen molar-refractivity contribution < 1.29 is 0 Å². The molecule has 0 aromatic carbocycles. The van der Waals surface area contributed by atoms with Crippen molar-refractivity contribution in [3.8, 4) is 0 Å². The van der Waals surface area contributed by atoms with Gasteiger partial charge in [0.2, 0.25) is 0 Å². The number of hydrogen-bond acceptors (Lipinski definition) is 4. The Balaban J connectivity index is 2.62. The van der Waals surface area contributed by atoms with Crippen LogP contribution in [-0.2, 0) is 6.54 Å². The highest BCUT2D eigenvalue weighted by atomic mass is 32.2. The molecule has 0 atom stereocenters. The molecule has 17 heavy (non-hydrogen) atoms. The highest BCUT2D eigenvalue weighted by Gasteiger charge is 2.19. The van der Waals surface area contributed by atoms with E-state index in [1.165, 1.54) is 11.3 Å². The molecule has 0 saturated carbocycles. The van der Waals surface area contributed by atoms with Crippen LogP contribution in [0.3, 0.4) is 0 Å². The molecule has 0 amide bonds. The molecule has 0 aliphatic heterocycles. The summed E-state index contributed by atoms with van der Waals surface area (Å²) < 4.78 is 2.90. The van der Waals surface area contributed by atoms with Crippen molar-refractivity contribution in [2.24, 2.45) is 0 Å². The fraction of sp³-hybridized carbons (Fsp3) is 0.455. The van der Waals surface area contributed by atoms with E-state index in [2.05, 4.69) is 18.8 Å². The van der Waals surface area contributed by atoms with Crippen LogP contribution in [0.2, 0.25) is 0 Å². The van der Waals surface area contributed by atoms with Gasteiger partial charge in [-0.25, -0.2) is 0 Å². The Bertz CT molecular complexity index is 651. The van der Waals surface area contributed by atoms with Crippen molar-refractivity contribution in [1.29, 1.82) is 0 Å². The number of nitrogens with one attached hydrogen (secondary N) is 1. The van der Waals surface area contributed by atoms with E-state index in [0.717, 1.165) is 10.2 Å². The van der Waals surface area contributed by atoms with Crippen molar-refractivity contribution in [3.05, 3.63) is 26.6 Å². The first-order valence-electron chi connectivity index (χ1n) is 5.20. The van der Waals surface area contributed by atoms with Crippen molar-refractivity contribution >= 4 is 45.5 Å². The highest BCUT2D eigenvalue weighted by molar-refractivity contribution is 7.99. The van der Waals surface area contributed by atoms with Gasteiger partial charge in [-0.3, -0.25) is 9.36 Å². The molecule has 92 valence electrons. The van der Waals surface area contributed by atoms with E-state index >= 15 is 0 Å². The van der Waals surface area contributed by atoms with Crippen LogP contribution in [-0.4, -0.2) is 20.6 Å². The standard InChI is InChI=1S/C11H14N2OS3/c1-11(2,16-3)6-13-9(14)8-7(4-5-17-8)12-10(13)15/h4-5H,6H2,1-3H3,(H,12,15). The molecule has 3 nitrogen and oxygen atoms in total. The first-order valence-corrected chi connectivity index (χ1v) is 7.71. The quantitative estimate of drug-likeness (QED) is 0.880. The molecule has 0 aliphatic rings. The monoisotopic (exact) mass is 286 g/mol. The number of nitrogens with zero attached hydrogens (tertiary/aromatic N) is 1. The van der Waals surface area contributed by atoms with E-state index in [9.17, 15) is 4.79 Å². The van der Waals surface area contributed by atoms with Gasteiger partial charge in [0, 0.05) is 11.3 Å². The maximum Gasteiger partial charge on any atom is 0.272 e. The molecule has 0 fully saturated rings. The Hall–Kier alpha value is -0.590. The summed E-state index contributed by atoms with van der Waals surface area (Å²) in [6.45, 7) is 4.84. The van der Waals surface area contributed by atoms with Gasteiger partial charge in [-0.1, -0.05) is 0 Å². The average Bonchev–Trinajstić information content (AvgIpc) is 2.72. The summed E-state index contributed by atoms with van der Waals surface area (Å²) in [5.74, 6) is 0. The van der Waals surface area contributed by atoms with Gasteiger partial charge in [-0.2, -0.15) is 11.8 Å². The van der Waals surface area contributed by atoms with Crippen LogP contribution >= 0.6 is 35.3 Å². The van der Waals surface area contributed by atoms with Gasteiger partial charge in [0.15, 0.2) is 4.77 Å². The Kier molecular flexibility index (Phi) is 3.47. The van der Waals surface area contributed by atoms with Crippen LogP contribution in [0.1, 0.15) is 13.8 Å². The molecule has 0 saturated heterocycles. The molecule has 1 N–H and O–H groups in total. The number of H-pyrrole nitrogens is 1. The zero-order valence-electron chi connectivity index (χ0n) is 9.94. The number of fused-ring (bicyclic) bond motifs is 1. The molecule has 0 unspecified atom stereocenters. The smallest absolute Gasteiger partial charge is 0.272 e. The summed E-state index contributed by atoms with van der Waals surface area (Å²) >= 11 is 8.43. The average molecular weight is 286 g/mol. The van der Waals surface area contributed by atoms with Crippen molar-refractivity contribution in [2.45, 2.75) is 25.1 Å². The summed E-state index contributed by atoms with van der Waals surface area (Å²) in [4.78, 5) is 15.4. The van der Waals surface area contributed by atoms with Crippen LogP contribution in [0.15, 0.2) is 16.2 Å². The lowest BCUT2D eigenvalue weighted by molar-refractivity contribution is 0.545. The van der Waals surface area contributed by atoms with Gasteiger partial charge in [0.05, 0.1) is 5.52 Å². The lowest BCUT2D eigenvalue weighted by Gasteiger charge is -2.22. The molecular formula is C11H14N2OS3. The van der Waals surface area contributed by atoms with E-state index in [0.29, 0.717) is 11.3 Å². The molecule has 6 heteroatoms. The third-order valence-corrected chi connectivity index (χ3v) is 5.14. The summed E-state index contributed by atoms with van der Waals surface area (Å²) in [6.07, 6.45) is 2.04. The fourth-order valence-electron chi connectivity index (χ4n) is 1.56. The van der Waals surface area contributed by atoms with Gasteiger partial charge in [-0.15, -0.1) is 11.3 Å². The van der Waals surface area contributed by atoms with Gasteiger partial charge < -0.3 is 4.98 Å². The number of hydrogen-bond donors (Lipinski definition) is 1. The SMILES string of the molecule is CSC(C)(C)Cn1c(=S)[nH]c2ccsc2c1=O. The normalized spacial score (nSPS) is 12.2. The van der Waals surface area contributed by atoms with Gasteiger partial charge in [0.1, 0.15) is 4.70 Å². The van der Waals surface area contributed by atoms with Crippen LogP contribution in [0.25, 0.3) is 10.2 Å². The van der Waals surface area contributed by atoms with Crippen molar-refractivity contribution in [3.63, 3.8) is 0 Å². The van der Waals surface area contributed by atoms with Gasteiger partial charge in [-0.05, 0) is 43.8 Å². The molecule has 0 radical (unpaired) electrons. The maximum absolute atomic E-state index is 12.3. The van der Waals surface area contributed by atoms with Gasteiger partial charge >= 0.3 is 0 Å². The molecule has 0 aliphatic carbocycles. The van der Waals surface area contributed by atoms with Crippen molar-refractivity contribution in [2.75, 3.05) is 6.26 Å². The number of rotatable bonds is 3. The first-order chi connectivity index (χ1) is 7.94. The second kappa shape index (κ2) is 4.59. The minimum atomic E-state index is -0.00381. The minimum absolute atomic E-state index is 0.00381. The van der Waals surface area contributed by atoms with Gasteiger partial charge in [0.25, 0.3) is 5.56 Å². The molecule has 2 heterocycles. The molecule has 2 aromatic heterocycles. The Labute approximate surface area is 113 Å². The summed E-state index contributed by atoms with van der Waals surface area (Å²) in [7, 11) is 0. The van der Waals surface area contributed by atoms with E-state index in [-0.39, 0.29) is 10.3 Å². The number of aromatic amines is 1. The van der Waals surface area contributed by atoms with E-state index < -0.39 is 0 Å². The van der Waals surface area contributed by atoms with Crippen LogP contribution in [0.4, 0.5) is 0 Å². The van der Waals surface area contributed by atoms with Crippen LogP contribution < -0.4 is 5.56 Å². The topological polar surface area (TPSA) is 37.8 Å². The molecule has 0 spiro atoms. The molecule has 0 bridgehead atoms. The number of thioether (sulfide) groups is 1. The Morgan fingerprint density at radius 3 is 2.94 bits per heavy atom. The summed E-state index contributed by atoms with van der Waals surface area (Å²) in [6, 6.07) is 1.89. The predicted molar refractivity (Wildman–Crippen MR) is 78.9 cm³/mol. The first kappa shape index (κ1) is 12.9. The fourth-order valence-corrected chi connectivity index (χ4v) is 2.87. The number of thiophene rings is 1. The Morgan fingerprint density at radius 1 is 1.59 bits per heavy atom. The van der Waals surface area contributed by atoms with Crippen molar-refractivity contribution in [1.82, 2.24) is 9.55 Å². The third-order valence-electron chi connectivity index (χ3n) is 2.68. The zero-order valence-corrected chi connectivity index (χ0v) is 12.4. The molecule has 2 aromatic rings. The summed E-state index contributed by atoms with van der Waals surface area (Å²) in [5.41, 5.74) is 0.851. The highest BCUT2D eigenvalue weighted by Crippen LogP contribution is 2.23. The lowest BCUT2D eigenvalue weighted by atomic mass is 10.2. The lowest BCUT2D eigenvalue weighted by Crippen LogP contribution is -2.31. The van der Waals surface area contributed by atoms with E-state index in [1.54, 1.807) is 16.3 Å². The molecule has 2 rings (SSSR count). The zero-order chi connectivity index (χ0) is 12.6. The minimum Gasteiger partial charge on any atom is -0.331 e. The second-order valence-electron chi connectivity index (χ2n) is 4.45. The van der Waals surface area contributed by atoms with E-state index in [1.807, 2.05) is 17.7 Å². The summed E-state index contributed by atoms with van der Waals surface area (Å²) in [5, 5.41) is 1.90. The third kappa shape index (κ3) is 2.48. The predicted octanol–water partition coefficient (Wildman–Crippen LogP) is 3.26. The van der Waals surface area contributed by atoms with Crippen LogP contribution in [0, 0.1) is 4.77 Å². The maximum atomic E-state index is 12.3. The second-order valence-corrected chi connectivity index (χ2v) is 7.26. The number of aromatic nitrogens is 2. The molecular weight excluding hydrogens is 272 g/mol.